The lowest BCUT2D eigenvalue weighted by Crippen LogP contribution is -2.22. The van der Waals surface area contributed by atoms with E-state index in [0.717, 1.165) is 11.4 Å². The minimum absolute atomic E-state index is 0.249. The number of methoxy groups -OCH3 is 1. The van der Waals surface area contributed by atoms with E-state index in [-0.39, 0.29) is 11.9 Å². The summed E-state index contributed by atoms with van der Waals surface area (Å²) in [6, 6.07) is 11.7. The van der Waals surface area contributed by atoms with Gasteiger partial charge in [-0.15, -0.1) is 0 Å². The first kappa shape index (κ1) is 21.6. The van der Waals surface area contributed by atoms with Crippen molar-refractivity contribution in [1.29, 1.82) is 0 Å². The third-order valence-corrected chi connectivity index (χ3v) is 4.91. The van der Waals surface area contributed by atoms with Crippen LogP contribution in [0.2, 0.25) is 5.02 Å². The fraction of sp³-hybridized carbons (Fsp3) is 0.174. The number of nitrogens with zero attached hydrogens (tertiary/aromatic N) is 3. The molecule has 2 heterocycles. The molecule has 0 fully saturated rings. The van der Waals surface area contributed by atoms with Gasteiger partial charge in [-0.3, -0.25) is 4.98 Å². The van der Waals surface area contributed by atoms with Gasteiger partial charge >= 0.3 is 0 Å². The number of fused-ring (bicyclic) bond motifs is 1. The predicted molar refractivity (Wildman–Crippen MR) is 123 cm³/mol. The van der Waals surface area contributed by atoms with Gasteiger partial charge in [0.15, 0.2) is 17.7 Å². The molecule has 0 bridgehead atoms. The third kappa shape index (κ3) is 4.81. The molecule has 164 valence electrons. The molecule has 1 unspecified atom stereocenters. The summed E-state index contributed by atoms with van der Waals surface area (Å²) in [5, 5.41) is 7.23. The predicted octanol–water partition coefficient (Wildman–Crippen LogP) is 5.71. The second-order valence-corrected chi connectivity index (χ2v) is 7.52. The molecule has 0 aliphatic carbocycles. The van der Waals surface area contributed by atoms with Gasteiger partial charge < -0.3 is 20.1 Å². The smallest absolute Gasteiger partial charge is 0.167 e. The number of anilines is 3. The van der Waals surface area contributed by atoms with E-state index < -0.39 is 5.82 Å². The topological polar surface area (TPSA) is 81.2 Å². The highest BCUT2D eigenvalue weighted by molar-refractivity contribution is 6.30. The highest BCUT2D eigenvalue weighted by Gasteiger charge is 2.15. The van der Waals surface area contributed by atoms with Gasteiger partial charge in [0.25, 0.3) is 0 Å². The van der Waals surface area contributed by atoms with Crippen molar-refractivity contribution < 1.29 is 13.9 Å². The molecule has 1 atom stereocenters. The number of ether oxygens (including phenoxy) is 2. The summed E-state index contributed by atoms with van der Waals surface area (Å²) in [4.78, 5) is 12.8. The van der Waals surface area contributed by atoms with E-state index >= 15 is 0 Å². The molecule has 0 aliphatic rings. The van der Waals surface area contributed by atoms with E-state index in [1.54, 1.807) is 37.6 Å². The van der Waals surface area contributed by atoms with Crippen LogP contribution in [-0.2, 0) is 0 Å². The van der Waals surface area contributed by atoms with Gasteiger partial charge in [0.1, 0.15) is 18.0 Å². The van der Waals surface area contributed by atoms with Crippen molar-refractivity contribution in [3.05, 3.63) is 71.5 Å². The van der Waals surface area contributed by atoms with E-state index in [1.807, 2.05) is 26.0 Å². The normalized spacial score (nSPS) is 11.8. The minimum atomic E-state index is -0.484. The first-order chi connectivity index (χ1) is 15.4. The van der Waals surface area contributed by atoms with Crippen LogP contribution in [0.4, 0.5) is 21.6 Å². The molecule has 0 saturated heterocycles. The Morgan fingerprint density at radius 3 is 2.62 bits per heavy atom. The van der Waals surface area contributed by atoms with Crippen LogP contribution in [0, 0.1) is 12.7 Å². The number of nitrogens with one attached hydrogen (secondary N) is 2. The zero-order valence-electron chi connectivity index (χ0n) is 17.7. The van der Waals surface area contributed by atoms with Crippen molar-refractivity contribution in [2.24, 2.45) is 0 Å². The van der Waals surface area contributed by atoms with Crippen LogP contribution in [0.25, 0.3) is 10.9 Å². The van der Waals surface area contributed by atoms with Gasteiger partial charge in [0.05, 0.1) is 18.3 Å². The lowest BCUT2D eigenvalue weighted by Gasteiger charge is -2.20. The first-order valence-corrected chi connectivity index (χ1v) is 10.2. The second kappa shape index (κ2) is 9.23. The molecule has 4 aromatic rings. The van der Waals surface area contributed by atoms with E-state index in [1.165, 1.54) is 12.4 Å². The number of hydrogen-bond donors (Lipinski definition) is 2. The summed E-state index contributed by atoms with van der Waals surface area (Å²) in [6.45, 7) is 3.81. The molecule has 2 aromatic heterocycles. The van der Waals surface area contributed by atoms with Crippen molar-refractivity contribution in [2.75, 3.05) is 17.7 Å². The molecule has 0 amide bonds. The number of benzene rings is 2. The maximum Gasteiger partial charge on any atom is 0.167 e. The average molecular weight is 454 g/mol. The Morgan fingerprint density at radius 1 is 1.03 bits per heavy atom. The summed E-state index contributed by atoms with van der Waals surface area (Å²) in [5.74, 6) is 0.946. The number of aromatic nitrogens is 3. The number of hydrogen-bond acceptors (Lipinski definition) is 7. The highest BCUT2D eigenvalue weighted by Crippen LogP contribution is 2.35. The van der Waals surface area contributed by atoms with Gasteiger partial charge in [-0.05, 0) is 50.2 Å². The van der Waals surface area contributed by atoms with Crippen molar-refractivity contribution in [3.8, 4) is 11.5 Å². The molecule has 9 heteroatoms. The summed E-state index contributed by atoms with van der Waals surface area (Å²) < 4.78 is 25.8. The monoisotopic (exact) mass is 453 g/mol. The van der Waals surface area contributed by atoms with Crippen LogP contribution in [0.3, 0.4) is 0 Å². The zero-order valence-corrected chi connectivity index (χ0v) is 18.4. The molecular formula is C23H21ClFN5O2. The van der Waals surface area contributed by atoms with Crippen LogP contribution in [0.1, 0.15) is 12.6 Å². The van der Waals surface area contributed by atoms with E-state index in [4.69, 9.17) is 21.1 Å². The van der Waals surface area contributed by atoms with Crippen LogP contribution >= 0.6 is 11.6 Å². The quantitative estimate of drug-likeness (QED) is 0.346. The summed E-state index contributed by atoms with van der Waals surface area (Å²) in [6.07, 6.45) is 2.78. The maximum atomic E-state index is 14.2. The van der Waals surface area contributed by atoms with Gasteiger partial charge in [-0.25, -0.2) is 14.4 Å². The Kier molecular flexibility index (Phi) is 6.23. The van der Waals surface area contributed by atoms with Gasteiger partial charge in [-0.2, -0.15) is 0 Å². The van der Waals surface area contributed by atoms with Crippen LogP contribution in [0.5, 0.6) is 11.5 Å². The minimum Gasteiger partial charge on any atom is -0.493 e. The fourth-order valence-electron chi connectivity index (χ4n) is 3.22. The molecule has 0 saturated carbocycles. The third-order valence-electron chi connectivity index (χ3n) is 4.68. The van der Waals surface area contributed by atoms with Crippen molar-refractivity contribution in [2.45, 2.75) is 20.1 Å². The molecule has 2 N–H and O–H groups in total. The van der Waals surface area contributed by atoms with Crippen molar-refractivity contribution in [1.82, 2.24) is 15.0 Å². The lowest BCUT2D eigenvalue weighted by molar-refractivity contribution is 0.238. The Morgan fingerprint density at radius 2 is 1.88 bits per heavy atom. The Hall–Kier alpha value is -3.65. The summed E-state index contributed by atoms with van der Waals surface area (Å²) in [7, 11) is 1.55. The van der Waals surface area contributed by atoms with E-state index in [9.17, 15) is 4.39 Å². The maximum absolute atomic E-state index is 14.2. The van der Waals surface area contributed by atoms with Gasteiger partial charge in [-0.1, -0.05) is 11.6 Å². The lowest BCUT2D eigenvalue weighted by atomic mass is 10.2. The average Bonchev–Trinajstić information content (AvgIpc) is 2.75. The van der Waals surface area contributed by atoms with E-state index in [2.05, 4.69) is 25.6 Å². The Bertz CT molecular complexity index is 1270. The summed E-state index contributed by atoms with van der Waals surface area (Å²) in [5.41, 5.74) is 2.65. The zero-order chi connectivity index (χ0) is 22.7. The van der Waals surface area contributed by atoms with Crippen molar-refractivity contribution in [3.63, 3.8) is 0 Å². The first-order valence-electron chi connectivity index (χ1n) is 9.83. The molecule has 4 rings (SSSR count). The SMILES string of the molecule is COc1cc2c(Nc3ccc(Cl)cc3F)ncnc2cc1OC(C)Nc1ccnc(C)c1. The molecular weight excluding hydrogens is 433 g/mol. The molecule has 0 aliphatic heterocycles. The Balaban J connectivity index is 1.62. The highest BCUT2D eigenvalue weighted by atomic mass is 35.5. The number of aryl methyl sites for hydroxylation is 1. The number of halogens is 2. The number of pyridine rings is 1. The van der Waals surface area contributed by atoms with E-state index in [0.29, 0.717) is 33.2 Å². The van der Waals surface area contributed by atoms with Crippen LogP contribution in [-0.4, -0.2) is 28.3 Å². The number of rotatable bonds is 7. The van der Waals surface area contributed by atoms with Crippen LogP contribution < -0.4 is 20.1 Å². The van der Waals surface area contributed by atoms with Crippen LogP contribution in [0.15, 0.2) is 55.0 Å². The van der Waals surface area contributed by atoms with Gasteiger partial charge in [0.2, 0.25) is 0 Å². The Labute approximate surface area is 189 Å². The fourth-order valence-corrected chi connectivity index (χ4v) is 3.38. The standard InChI is InChI=1S/C23H21ClFN5O2/c1-13-8-16(6-7-26-13)29-14(2)32-22-11-20-17(10-21(22)31-3)23(28-12-27-20)30-19-5-4-15(24)9-18(19)25/h4-12,14H,1-3H3,(H,26,29)(H,27,28,30). The molecule has 32 heavy (non-hydrogen) atoms. The molecule has 0 spiro atoms. The van der Waals surface area contributed by atoms with Gasteiger partial charge in [0, 0.05) is 34.1 Å². The molecule has 7 nitrogen and oxygen atoms in total. The second-order valence-electron chi connectivity index (χ2n) is 7.08. The molecule has 0 radical (unpaired) electrons. The largest absolute Gasteiger partial charge is 0.493 e. The van der Waals surface area contributed by atoms with Crippen molar-refractivity contribution >= 4 is 39.7 Å². The summed E-state index contributed by atoms with van der Waals surface area (Å²) >= 11 is 5.84. The molecule has 2 aromatic carbocycles.